The molecular formula is C89H150O17P2. The number of unbranched alkanes of at least 4 members (excludes halogenated alkanes) is 28. The average Bonchev–Trinajstić information content (AvgIpc) is 0.923. The van der Waals surface area contributed by atoms with Crippen LogP contribution in [-0.2, 0) is 65.4 Å². The number of rotatable bonds is 78. The minimum Gasteiger partial charge on any atom is -0.462 e. The van der Waals surface area contributed by atoms with Crippen LogP contribution in [0.15, 0.2) is 146 Å². The van der Waals surface area contributed by atoms with Crippen molar-refractivity contribution < 1.29 is 80.2 Å². The third kappa shape index (κ3) is 79.0. The highest BCUT2D eigenvalue weighted by Gasteiger charge is 2.30. The summed E-state index contributed by atoms with van der Waals surface area (Å²) < 4.78 is 68.7. The van der Waals surface area contributed by atoms with Crippen LogP contribution in [0.25, 0.3) is 0 Å². The van der Waals surface area contributed by atoms with Gasteiger partial charge in [0.1, 0.15) is 19.3 Å². The molecule has 3 N–H and O–H groups in total. The summed E-state index contributed by atoms with van der Waals surface area (Å²) in [5.74, 6) is -2.25. The molecular weight excluding hydrogens is 1400 g/mol. The van der Waals surface area contributed by atoms with Gasteiger partial charge in [0.05, 0.1) is 26.4 Å². The third-order valence-corrected chi connectivity index (χ3v) is 19.2. The Hall–Kier alpha value is -5.06. The van der Waals surface area contributed by atoms with E-state index in [1.54, 1.807) is 0 Å². The van der Waals surface area contributed by atoms with Gasteiger partial charge in [-0.3, -0.25) is 37.3 Å². The molecule has 618 valence electrons. The Kier molecular flexibility index (Phi) is 76.3. The first-order valence-electron chi connectivity index (χ1n) is 42.1. The van der Waals surface area contributed by atoms with Gasteiger partial charge in [-0.05, 0) is 167 Å². The van der Waals surface area contributed by atoms with Crippen molar-refractivity contribution in [2.75, 3.05) is 39.6 Å². The van der Waals surface area contributed by atoms with E-state index in [1.165, 1.54) is 51.4 Å². The summed E-state index contributed by atoms with van der Waals surface area (Å²) in [5, 5.41) is 10.7. The molecule has 0 saturated heterocycles. The molecule has 0 saturated carbocycles. The number of hydrogen-bond acceptors (Lipinski definition) is 15. The van der Waals surface area contributed by atoms with E-state index in [1.807, 2.05) is 0 Å². The second-order valence-corrected chi connectivity index (χ2v) is 30.6. The van der Waals surface area contributed by atoms with Crippen LogP contribution in [-0.4, -0.2) is 96.7 Å². The minimum atomic E-state index is -5.00. The number of carbonyl (C=O) groups is 4. The first-order chi connectivity index (χ1) is 52.7. The van der Waals surface area contributed by atoms with Gasteiger partial charge in [0.25, 0.3) is 0 Å². The molecule has 0 aromatic carbocycles. The third-order valence-electron chi connectivity index (χ3n) is 17.3. The second-order valence-electron chi connectivity index (χ2n) is 27.6. The molecule has 0 aromatic heterocycles. The normalized spacial score (nSPS) is 14.5. The van der Waals surface area contributed by atoms with E-state index in [2.05, 4.69) is 174 Å². The largest absolute Gasteiger partial charge is 0.472 e. The van der Waals surface area contributed by atoms with Crippen molar-refractivity contribution in [2.45, 2.75) is 354 Å². The standard InChI is InChI=1S/C89H150O17P2/c1-5-9-13-17-21-25-29-33-37-39-41-43-47-49-53-57-61-65-69-73-86(91)99-79-84(105-88(93)75-71-67-63-59-55-51-45-35-31-27-23-19-15-11-7-3)81-103-107(95,96)101-77-83(90)78-102-108(97,98)104-82-85(106-89(94)76-72-68-64-60-56-52-46-36-32-28-24-20-16-12-8-4)80-100-87(92)74-70-66-62-58-54-50-48-44-42-40-38-34-30-26-22-18-14-10-6-2/h9-10,13-14,21-22,25-28,31-34,37-38,41-44,49-50,53-54,83-85,90H,5-8,11-12,15-20,23-24,29-30,35-36,39-40,45-48,51-52,55-82H2,1-4H3,(H,95,96)(H,97,98)/b13-9-,14-10-,25-21-,26-22-,31-27-,32-28-,37-33-,38-34-,43-41-,44-42-,53-49-,54-50-/t84-,85-/m1/s1. The highest BCUT2D eigenvalue weighted by atomic mass is 31.2. The van der Waals surface area contributed by atoms with Crippen molar-refractivity contribution in [3.63, 3.8) is 0 Å². The van der Waals surface area contributed by atoms with Gasteiger partial charge in [-0.15, -0.1) is 0 Å². The van der Waals surface area contributed by atoms with Crippen molar-refractivity contribution in [2.24, 2.45) is 0 Å². The fourth-order valence-corrected chi connectivity index (χ4v) is 12.5. The predicted octanol–water partition coefficient (Wildman–Crippen LogP) is 25.0. The molecule has 0 aliphatic heterocycles. The maximum absolute atomic E-state index is 13.1. The van der Waals surface area contributed by atoms with Crippen molar-refractivity contribution in [3.05, 3.63) is 146 Å². The summed E-state index contributed by atoms with van der Waals surface area (Å²) in [6.45, 7) is 4.57. The number of aliphatic hydroxyl groups excluding tert-OH is 1. The van der Waals surface area contributed by atoms with Crippen LogP contribution in [0.4, 0.5) is 0 Å². The van der Waals surface area contributed by atoms with Gasteiger partial charge in [0.2, 0.25) is 0 Å². The van der Waals surface area contributed by atoms with Crippen LogP contribution < -0.4 is 0 Å². The first kappa shape index (κ1) is 103. The van der Waals surface area contributed by atoms with Gasteiger partial charge in [-0.1, -0.05) is 289 Å². The number of hydrogen-bond donors (Lipinski definition) is 3. The number of allylic oxidation sites excluding steroid dienone is 24. The van der Waals surface area contributed by atoms with Crippen molar-refractivity contribution >= 4 is 39.5 Å². The molecule has 2 unspecified atom stereocenters. The van der Waals surface area contributed by atoms with Crippen LogP contribution in [0.2, 0.25) is 0 Å². The van der Waals surface area contributed by atoms with E-state index in [4.69, 9.17) is 37.0 Å². The lowest BCUT2D eigenvalue weighted by atomic mass is 10.1. The Morgan fingerprint density at radius 3 is 0.759 bits per heavy atom. The van der Waals surface area contributed by atoms with Gasteiger partial charge >= 0.3 is 39.5 Å². The van der Waals surface area contributed by atoms with Gasteiger partial charge in [0.15, 0.2) is 12.2 Å². The smallest absolute Gasteiger partial charge is 0.462 e. The molecule has 108 heavy (non-hydrogen) atoms. The Labute approximate surface area is 656 Å². The lowest BCUT2D eigenvalue weighted by Gasteiger charge is -2.21. The molecule has 0 aliphatic rings. The second kappa shape index (κ2) is 80.0. The van der Waals surface area contributed by atoms with Gasteiger partial charge in [-0.25, -0.2) is 9.13 Å². The Bertz CT molecular complexity index is 2440. The Morgan fingerprint density at radius 1 is 0.269 bits per heavy atom. The molecule has 17 nitrogen and oxygen atoms in total. The van der Waals surface area contributed by atoms with Crippen LogP contribution in [0.3, 0.4) is 0 Å². The van der Waals surface area contributed by atoms with E-state index >= 15 is 0 Å². The molecule has 0 radical (unpaired) electrons. The lowest BCUT2D eigenvalue weighted by Crippen LogP contribution is -2.30. The molecule has 0 heterocycles. The number of carbonyl (C=O) groups excluding carboxylic acids is 4. The quantitative estimate of drug-likeness (QED) is 0.0169. The zero-order chi connectivity index (χ0) is 78.9. The van der Waals surface area contributed by atoms with E-state index in [9.17, 15) is 43.2 Å². The van der Waals surface area contributed by atoms with Crippen LogP contribution in [0, 0.1) is 0 Å². The van der Waals surface area contributed by atoms with Crippen LogP contribution in [0.1, 0.15) is 336 Å². The fraction of sp³-hybridized carbons (Fsp3) is 0.685. The molecule has 0 bridgehead atoms. The minimum absolute atomic E-state index is 0.0786. The number of phosphoric acid groups is 2. The molecule has 0 spiro atoms. The summed E-state index contributed by atoms with van der Waals surface area (Å²) in [7, 11) is -9.99. The zero-order valence-corrected chi connectivity index (χ0v) is 69.5. The number of ether oxygens (including phenoxy) is 4. The topological polar surface area (TPSA) is 237 Å². The number of phosphoric ester groups is 2. The number of esters is 4. The van der Waals surface area contributed by atoms with Gasteiger partial charge < -0.3 is 33.8 Å². The molecule has 0 aromatic rings. The van der Waals surface area contributed by atoms with Crippen molar-refractivity contribution in [1.82, 2.24) is 0 Å². The van der Waals surface area contributed by atoms with Crippen LogP contribution in [0.5, 0.6) is 0 Å². The zero-order valence-electron chi connectivity index (χ0n) is 67.7. The summed E-state index contributed by atoms with van der Waals surface area (Å²) in [6, 6.07) is 0. The van der Waals surface area contributed by atoms with Crippen LogP contribution >= 0.6 is 15.6 Å². The monoisotopic (exact) mass is 1550 g/mol. The highest BCUT2D eigenvalue weighted by molar-refractivity contribution is 7.47. The highest BCUT2D eigenvalue weighted by Crippen LogP contribution is 2.45. The van der Waals surface area contributed by atoms with Gasteiger partial charge in [0, 0.05) is 25.7 Å². The maximum Gasteiger partial charge on any atom is 0.472 e. The maximum atomic E-state index is 13.1. The molecule has 0 amide bonds. The SMILES string of the molecule is CC/C=C\C/C=C\C/C=C\C/C=C\C/C=C\CCCCCC(=O)OC[C@H](COP(=O)(O)OCC(O)COP(=O)(O)OC[C@@H](COC(=O)CCCCC/C=C\C/C=C\C/C=C\C/C=C\C/C=C\CC)OC(=O)CCCCCCCCC/C=C\CCCCCC)OC(=O)CCCCCCCCC/C=C\CCCCCC. The molecule has 0 fully saturated rings. The summed E-state index contributed by atoms with van der Waals surface area (Å²) in [4.78, 5) is 73.2. The molecule has 0 aliphatic carbocycles. The average molecular weight is 1550 g/mol. The lowest BCUT2D eigenvalue weighted by molar-refractivity contribution is -0.161. The van der Waals surface area contributed by atoms with E-state index in [0.717, 1.165) is 205 Å². The predicted molar refractivity (Wildman–Crippen MR) is 445 cm³/mol. The summed E-state index contributed by atoms with van der Waals surface area (Å²) in [6.07, 6.45) is 92.4. The number of aliphatic hydroxyl groups is 1. The van der Waals surface area contributed by atoms with Gasteiger partial charge in [-0.2, -0.15) is 0 Å². The van der Waals surface area contributed by atoms with Crippen molar-refractivity contribution in [3.8, 4) is 0 Å². The van der Waals surface area contributed by atoms with E-state index in [0.29, 0.717) is 25.7 Å². The summed E-state index contributed by atoms with van der Waals surface area (Å²) >= 11 is 0. The molecule has 19 heteroatoms. The molecule has 4 atom stereocenters. The Morgan fingerprint density at radius 2 is 0.481 bits per heavy atom. The molecule has 0 rings (SSSR count). The van der Waals surface area contributed by atoms with Crippen molar-refractivity contribution in [1.29, 1.82) is 0 Å². The summed E-state index contributed by atoms with van der Waals surface area (Å²) in [5.41, 5.74) is 0. The van der Waals surface area contributed by atoms with E-state index in [-0.39, 0.29) is 25.7 Å². The van der Waals surface area contributed by atoms with E-state index < -0.39 is 97.5 Å². The first-order valence-corrected chi connectivity index (χ1v) is 45.1. The fourth-order valence-electron chi connectivity index (χ4n) is 10.9. The Balaban J connectivity index is 5.43.